The van der Waals surface area contributed by atoms with Gasteiger partial charge in [0.15, 0.2) is 0 Å². The maximum absolute atomic E-state index is 11.0. The summed E-state index contributed by atoms with van der Waals surface area (Å²) in [5.74, 6) is -1.15. The molecule has 0 bridgehead atoms. The van der Waals surface area contributed by atoms with Crippen LogP contribution in [0, 0.1) is 0 Å². The fourth-order valence-corrected chi connectivity index (χ4v) is 0.824. The third-order valence-electron chi connectivity index (χ3n) is 1.59. The van der Waals surface area contributed by atoms with Crippen LogP contribution in [0.5, 0.6) is 0 Å². The predicted molar refractivity (Wildman–Crippen MR) is 51.5 cm³/mol. The molecule has 0 rings (SSSR count). The van der Waals surface area contributed by atoms with Crippen molar-refractivity contribution in [2.45, 2.75) is 32.2 Å². The molecule has 1 amide bonds. The summed E-state index contributed by atoms with van der Waals surface area (Å²) in [5, 5.41) is 10.5. The van der Waals surface area contributed by atoms with E-state index in [0.29, 0.717) is 6.29 Å². The average molecular weight is 217 g/mol. The number of hydrogen-bond donors (Lipinski definition) is 2. The highest BCUT2D eigenvalue weighted by Crippen LogP contribution is 1.92. The maximum Gasteiger partial charge on any atom is 0.407 e. The van der Waals surface area contributed by atoms with E-state index < -0.39 is 24.5 Å². The summed E-state index contributed by atoms with van der Waals surface area (Å²) in [6, 6.07) is -1.03. The van der Waals surface area contributed by atoms with Crippen molar-refractivity contribution in [3.8, 4) is 0 Å². The molecule has 0 aromatic heterocycles. The second-order valence-electron chi connectivity index (χ2n) is 2.97. The lowest BCUT2D eigenvalue weighted by Crippen LogP contribution is -2.38. The quantitative estimate of drug-likeness (QED) is 0.480. The Bertz CT molecular complexity index is 229. The van der Waals surface area contributed by atoms with Crippen LogP contribution in [0.25, 0.3) is 0 Å². The minimum atomic E-state index is -1.15. The molecule has 0 radical (unpaired) electrons. The lowest BCUT2D eigenvalue weighted by Gasteiger charge is -2.10. The second-order valence-corrected chi connectivity index (χ2v) is 2.97. The van der Waals surface area contributed by atoms with Gasteiger partial charge in [0.1, 0.15) is 6.29 Å². The smallest absolute Gasteiger partial charge is 0.407 e. The average Bonchev–Trinajstić information content (AvgIpc) is 2.16. The van der Waals surface area contributed by atoms with E-state index in [1.807, 2.05) is 6.92 Å². The summed E-state index contributed by atoms with van der Waals surface area (Å²) in [4.78, 5) is 31.6. The molecule has 0 aromatic carbocycles. The number of ether oxygens (including phenoxy) is 1. The molecule has 0 heterocycles. The van der Waals surface area contributed by atoms with Crippen LogP contribution in [0.1, 0.15) is 26.2 Å². The predicted octanol–water partition coefficient (Wildman–Crippen LogP) is 0.555. The number of rotatable bonds is 7. The molecule has 15 heavy (non-hydrogen) atoms. The molecule has 0 saturated heterocycles. The summed E-state index contributed by atoms with van der Waals surface area (Å²) < 4.78 is 4.69. The van der Waals surface area contributed by atoms with Crippen molar-refractivity contribution >= 4 is 18.3 Å². The zero-order valence-electron chi connectivity index (χ0n) is 8.56. The van der Waals surface area contributed by atoms with Gasteiger partial charge in [0.25, 0.3) is 0 Å². The Balaban J connectivity index is 3.80. The minimum Gasteiger partial charge on any atom is -0.481 e. The second kappa shape index (κ2) is 7.78. The summed E-state index contributed by atoms with van der Waals surface area (Å²) in [6.45, 7) is 2.21. The molecule has 1 atom stereocenters. The highest BCUT2D eigenvalue weighted by atomic mass is 16.5. The van der Waals surface area contributed by atoms with Crippen LogP contribution in [0.4, 0.5) is 4.79 Å². The van der Waals surface area contributed by atoms with Crippen molar-refractivity contribution in [1.29, 1.82) is 0 Å². The number of alkyl carbamates (subject to hydrolysis) is 1. The Labute approximate surface area is 87.6 Å². The van der Waals surface area contributed by atoms with Crippen molar-refractivity contribution in [1.82, 2.24) is 5.32 Å². The van der Waals surface area contributed by atoms with Gasteiger partial charge in [0, 0.05) is 0 Å². The standard InChI is InChI=1S/C9H15NO5/c1-2-3-4-15-9(14)10-7(6-11)5-8(12)13/h6-7H,2-5H2,1H3,(H,10,14)(H,12,13)/t7-/m0/s1. The molecule has 86 valence electrons. The molecule has 0 saturated carbocycles. The normalized spacial score (nSPS) is 11.5. The van der Waals surface area contributed by atoms with Crippen molar-refractivity contribution in [3.63, 3.8) is 0 Å². The summed E-state index contributed by atoms with van der Waals surface area (Å²) in [7, 11) is 0. The molecule has 2 N–H and O–H groups in total. The molecular weight excluding hydrogens is 202 g/mol. The molecule has 6 nitrogen and oxygen atoms in total. The molecule has 0 aromatic rings. The number of nitrogens with one attached hydrogen (secondary N) is 1. The summed E-state index contributed by atoms with van der Waals surface area (Å²) in [6.07, 6.45) is 0.793. The Hall–Kier alpha value is -1.59. The van der Waals surface area contributed by atoms with E-state index in [4.69, 9.17) is 9.84 Å². The molecule has 0 fully saturated rings. The monoisotopic (exact) mass is 217 g/mol. The summed E-state index contributed by atoms with van der Waals surface area (Å²) in [5.41, 5.74) is 0. The number of carbonyl (C=O) groups excluding carboxylic acids is 2. The first-order valence-electron chi connectivity index (χ1n) is 4.70. The van der Waals surface area contributed by atoms with E-state index in [1.165, 1.54) is 0 Å². The Morgan fingerprint density at radius 3 is 2.67 bits per heavy atom. The van der Waals surface area contributed by atoms with Crippen LogP contribution < -0.4 is 5.32 Å². The van der Waals surface area contributed by atoms with Crippen molar-refractivity contribution in [3.05, 3.63) is 0 Å². The third kappa shape index (κ3) is 7.48. The summed E-state index contributed by atoms with van der Waals surface area (Å²) >= 11 is 0. The zero-order chi connectivity index (χ0) is 11.7. The lowest BCUT2D eigenvalue weighted by atomic mass is 10.2. The number of hydrogen-bond acceptors (Lipinski definition) is 4. The number of carboxylic acids is 1. The highest BCUT2D eigenvalue weighted by molar-refractivity contribution is 5.78. The van der Waals surface area contributed by atoms with Crippen molar-refractivity contribution in [2.75, 3.05) is 6.61 Å². The SMILES string of the molecule is CCCCOC(=O)N[C@H](C=O)CC(=O)O. The Kier molecular flexibility index (Phi) is 6.96. The minimum absolute atomic E-state index is 0.265. The Morgan fingerprint density at radius 2 is 2.20 bits per heavy atom. The van der Waals surface area contributed by atoms with Crippen LogP contribution in [0.3, 0.4) is 0 Å². The van der Waals surface area contributed by atoms with Gasteiger partial charge in [-0.3, -0.25) is 4.79 Å². The van der Waals surface area contributed by atoms with Gasteiger partial charge < -0.3 is 20.0 Å². The molecule has 0 aliphatic heterocycles. The van der Waals surface area contributed by atoms with E-state index in [1.54, 1.807) is 0 Å². The van der Waals surface area contributed by atoms with E-state index in [0.717, 1.165) is 12.8 Å². The number of carbonyl (C=O) groups is 3. The highest BCUT2D eigenvalue weighted by Gasteiger charge is 2.15. The number of aldehydes is 1. The van der Waals surface area contributed by atoms with Crippen LogP contribution in [-0.4, -0.2) is 36.1 Å². The van der Waals surface area contributed by atoms with Gasteiger partial charge >= 0.3 is 12.1 Å². The zero-order valence-corrected chi connectivity index (χ0v) is 8.56. The number of aliphatic carboxylic acids is 1. The van der Waals surface area contributed by atoms with Gasteiger partial charge in [-0.05, 0) is 6.42 Å². The van der Waals surface area contributed by atoms with Gasteiger partial charge in [-0.2, -0.15) is 0 Å². The van der Waals surface area contributed by atoms with Gasteiger partial charge in [-0.1, -0.05) is 13.3 Å². The van der Waals surface area contributed by atoms with Crippen LogP contribution in [0.2, 0.25) is 0 Å². The van der Waals surface area contributed by atoms with Gasteiger partial charge in [0.05, 0.1) is 19.1 Å². The van der Waals surface area contributed by atoms with Crippen LogP contribution >= 0.6 is 0 Å². The molecule has 0 aliphatic rings. The van der Waals surface area contributed by atoms with Gasteiger partial charge in [-0.15, -0.1) is 0 Å². The molecule has 6 heteroatoms. The van der Waals surface area contributed by atoms with Crippen molar-refractivity contribution < 1.29 is 24.2 Å². The fraction of sp³-hybridized carbons (Fsp3) is 0.667. The third-order valence-corrected chi connectivity index (χ3v) is 1.59. The topological polar surface area (TPSA) is 92.7 Å². The maximum atomic E-state index is 11.0. The Morgan fingerprint density at radius 1 is 1.53 bits per heavy atom. The van der Waals surface area contributed by atoms with E-state index in [2.05, 4.69) is 5.32 Å². The molecule has 0 spiro atoms. The number of carboxylic acid groups (broad SMARTS) is 1. The lowest BCUT2D eigenvalue weighted by molar-refractivity contribution is -0.138. The van der Waals surface area contributed by atoms with E-state index >= 15 is 0 Å². The first kappa shape index (κ1) is 13.4. The van der Waals surface area contributed by atoms with E-state index in [-0.39, 0.29) is 6.61 Å². The molecule has 0 aliphatic carbocycles. The molecular formula is C9H15NO5. The van der Waals surface area contributed by atoms with Gasteiger partial charge in [0.2, 0.25) is 0 Å². The first-order chi connectivity index (χ1) is 7.10. The van der Waals surface area contributed by atoms with Crippen LogP contribution in [0.15, 0.2) is 0 Å². The first-order valence-corrected chi connectivity index (χ1v) is 4.70. The van der Waals surface area contributed by atoms with E-state index in [9.17, 15) is 14.4 Å². The molecule has 0 unspecified atom stereocenters. The van der Waals surface area contributed by atoms with Gasteiger partial charge in [-0.25, -0.2) is 4.79 Å². The number of unbranched alkanes of at least 4 members (excludes halogenated alkanes) is 1. The van der Waals surface area contributed by atoms with Crippen LogP contribution in [-0.2, 0) is 14.3 Å². The van der Waals surface area contributed by atoms with Crippen molar-refractivity contribution in [2.24, 2.45) is 0 Å². The number of amides is 1. The fourth-order valence-electron chi connectivity index (χ4n) is 0.824. The largest absolute Gasteiger partial charge is 0.481 e.